The third-order valence-corrected chi connectivity index (χ3v) is 3.54. The van der Waals surface area contributed by atoms with Gasteiger partial charge in [0.05, 0.1) is 11.6 Å². The van der Waals surface area contributed by atoms with E-state index in [1.165, 1.54) is 6.42 Å². The van der Waals surface area contributed by atoms with Crippen molar-refractivity contribution in [2.45, 2.75) is 24.7 Å². The molecule has 0 saturated heterocycles. The number of ether oxygens (including phenoxy) is 1. The van der Waals surface area contributed by atoms with Crippen LogP contribution in [0.2, 0.25) is 5.02 Å². The van der Waals surface area contributed by atoms with Gasteiger partial charge in [0, 0.05) is 22.9 Å². The van der Waals surface area contributed by atoms with Crippen LogP contribution in [0.15, 0.2) is 23.1 Å². The number of halogens is 1. The van der Waals surface area contributed by atoms with E-state index in [4.69, 9.17) is 22.1 Å². The SMILES string of the molecule is CCCCOCCSc1cc(N)ccc1Cl. The van der Waals surface area contributed by atoms with Gasteiger partial charge in [-0.05, 0) is 24.6 Å². The first kappa shape index (κ1) is 13.7. The van der Waals surface area contributed by atoms with E-state index in [1.807, 2.05) is 18.2 Å². The van der Waals surface area contributed by atoms with Crippen molar-refractivity contribution in [1.29, 1.82) is 0 Å². The second kappa shape index (κ2) is 7.82. The number of rotatable bonds is 7. The first-order chi connectivity index (χ1) is 7.74. The summed E-state index contributed by atoms with van der Waals surface area (Å²) in [5.41, 5.74) is 6.44. The molecule has 0 saturated carbocycles. The molecular weight excluding hydrogens is 242 g/mol. The van der Waals surface area contributed by atoms with Gasteiger partial charge >= 0.3 is 0 Å². The summed E-state index contributed by atoms with van der Waals surface area (Å²) in [4.78, 5) is 1.03. The Bertz CT molecular complexity index is 320. The Balaban J connectivity index is 2.23. The summed E-state index contributed by atoms with van der Waals surface area (Å²) < 4.78 is 5.47. The van der Waals surface area contributed by atoms with E-state index in [0.29, 0.717) is 0 Å². The van der Waals surface area contributed by atoms with Gasteiger partial charge in [-0.1, -0.05) is 24.9 Å². The van der Waals surface area contributed by atoms with Crippen LogP contribution in [-0.2, 0) is 4.74 Å². The summed E-state index contributed by atoms with van der Waals surface area (Å²) in [6, 6.07) is 5.54. The number of nitrogen functional groups attached to an aromatic ring is 1. The zero-order chi connectivity index (χ0) is 11.8. The van der Waals surface area contributed by atoms with Crippen LogP contribution in [0, 0.1) is 0 Å². The third-order valence-electron chi connectivity index (χ3n) is 2.08. The molecule has 0 radical (unpaired) electrons. The van der Waals surface area contributed by atoms with E-state index in [1.54, 1.807) is 11.8 Å². The maximum Gasteiger partial charge on any atom is 0.0560 e. The quantitative estimate of drug-likeness (QED) is 0.459. The third kappa shape index (κ3) is 5.10. The molecule has 2 N–H and O–H groups in total. The van der Waals surface area contributed by atoms with Crippen LogP contribution >= 0.6 is 23.4 Å². The van der Waals surface area contributed by atoms with E-state index in [-0.39, 0.29) is 0 Å². The van der Waals surface area contributed by atoms with Gasteiger partial charge < -0.3 is 10.5 Å². The highest BCUT2D eigenvalue weighted by atomic mass is 35.5. The average Bonchev–Trinajstić information content (AvgIpc) is 2.28. The van der Waals surface area contributed by atoms with Gasteiger partial charge in [0.15, 0.2) is 0 Å². The summed E-state index contributed by atoms with van der Waals surface area (Å²) in [6.45, 7) is 3.77. The lowest BCUT2D eigenvalue weighted by Gasteiger charge is -2.06. The van der Waals surface area contributed by atoms with Crippen molar-refractivity contribution in [2.75, 3.05) is 24.7 Å². The molecule has 1 aromatic carbocycles. The number of hydrogen-bond acceptors (Lipinski definition) is 3. The van der Waals surface area contributed by atoms with Crippen LogP contribution in [-0.4, -0.2) is 19.0 Å². The zero-order valence-electron chi connectivity index (χ0n) is 9.54. The first-order valence-electron chi connectivity index (χ1n) is 5.49. The Hall–Kier alpha value is -0.380. The smallest absolute Gasteiger partial charge is 0.0560 e. The monoisotopic (exact) mass is 259 g/mol. The standard InChI is InChI=1S/C12H18ClNOS/c1-2-3-6-15-7-8-16-12-9-10(14)4-5-11(12)13/h4-5,9H,2-3,6-8,14H2,1H3. The number of hydrogen-bond donors (Lipinski definition) is 1. The fourth-order valence-electron chi connectivity index (χ4n) is 1.19. The van der Waals surface area contributed by atoms with Crippen molar-refractivity contribution >= 4 is 29.1 Å². The van der Waals surface area contributed by atoms with E-state index in [2.05, 4.69) is 6.92 Å². The van der Waals surface area contributed by atoms with E-state index in [0.717, 1.165) is 41.0 Å². The van der Waals surface area contributed by atoms with Crippen LogP contribution < -0.4 is 5.73 Å². The van der Waals surface area contributed by atoms with Crippen LogP contribution in [0.3, 0.4) is 0 Å². The van der Waals surface area contributed by atoms with Crippen LogP contribution in [0.5, 0.6) is 0 Å². The second-order valence-corrected chi connectivity index (χ2v) is 5.05. The zero-order valence-corrected chi connectivity index (χ0v) is 11.1. The van der Waals surface area contributed by atoms with Gasteiger partial charge in [-0.2, -0.15) is 0 Å². The highest BCUT2D eigenvalue weighted by Gasteiger charge is 2.01. The predicted molar refractivity (Wildman–Crippen MR) is 72.3 cm³/mol. The molecule has 0 spiro atoms. The van der Waals surface area contributed by atoms with Crippen molar-refractivity contribution in [1.82, 2.24) is 0 Å². The molecule has 0 bridgehead atoms. The van der Waals surface area contributed by atoms with Crippen molar-refractivity contribution in [3.05, 3.63) is 23.2 Å². The minimum absolute atomic E-state index is 0.749. The van der Waals surface area contributed by atoms with Crippen LogP contribution in [0.1, 0.15) is 19.8 Å². The Morgan fingerprint density at radius 1 is 1.38 bits per heavy atom. The molecule has 0 unspecified atom stereocenters. The minimum Gasteiger partial charge on any atom is -0.399 e. The van der Waals surface area contributed by atoms with Gasteiger partial charge in [-0.25, -0.2) is 0 Å². The molecule has 0 aliphatic carbocycles. The molecule has 16 heavy (non-hydrogen) atoms. The Kier molecular flexibility index (Phi) is 6.69. The molecule has 4 heteroatoms. The molecule has 0 aliphatic heterocycles. The van der Waals surface area contributed by atoms with E-state index in [9.17, 15) is 0 Å². The Labute approximate surface area is 107 Å². The lowest BCUT2D eigenvalue weighted by Crippen LogP contribution is -1.99. The summed E-state index contributed by atoms with van der Waals surface area (Å²) in [6.07, 6.45) is 2.30. The molecular formula is C12H18ClNOS. The fourth-order valence-corrected chi connectivity index (χ4v) is 2.32. The van der Waals surface area contributed by atoms with Gasteiger partial charge in [0.25, 0.3) is 0 Å². The average molecular weight is 260 g/mol. The van der Waals surface area contributed by atoms with Gasteiger partial charge in [0.1, 0.15) is 0 Å². The van der Waals surface area contributed by atoms with Crippen molar-refractivity contribution in [2.24, 2.45) is 0 Å². The van der Waals surface area contributed by atoms with Crippen LogP contribution in [0.4, 0.5) is 5.69 Å². The van der Waals surface area contributed by atoms with Crippen molar-refractivity contribution < 1.29 is 4.74 Å². The number of benzene rings is 1. The highest BCUT2D eigenvalue weighted by molar-refractivity contribution is 7.99. The first-order valence-corrected chi connectivity index (χ1v) is 6.86. The Morgan fingerprint density at radius 3 is 2.94 bits per heavy atom. The topological polar surface area (TPSA) is 35.2 Å². The maximum atomic E-state index is 6.04. The number of thioether (sulfide) groups is 1. The molecule has 1 rings (SSSR count). The summed E-state index contributed by atoms with van der Waals surface area (Å²) in [7, 11) is 0. The molecule has 0 aliphatic rings. The molecule has 0 aromatic heterocycles. The van der Waals surface area contributed by atoms with Gasteiger partial charge in [-0.15, -0.1) is 11.8 Å². The van der Waals surface area contributed by atoms with Crippen molar-refractivity contribution in [3.63, 3.8) is 0 Å². The maximum absolute atomic E-state index is 6.04. The Morgan fingerprint density at radius 2 is 2.19 bits per heavy atom. The molecule has 2 nitrogen and oxygen atoms in total. The molecule has 0 atom stereocenters. The minimum atomic E-state index is 0.749. The lowest BCUT2D eigenvalue weighted by atomic mass is 10.3. The number of anilines is 1. The second-order valence-electron chi connectivity index (χ2n) is 3.50. The number of unbranched alkanes of at least 4 members (excludes halogenated alkanes) is 1. The molecule has 1 aromatic rings. The highest BCUT2D eigenvalue weighted by Crippen LogP contribution is 2.28. The fraction of sp³-hybridized carbons (Fsp3) is 0.500. The molecule has 0 amide bonds. The summed E-state index contributed by atoms with van der Waals surface area (Å²) in [5, 5.41) is 0.757. The molecule has 90 valence electrons. The summed E-state index contributed by atoms with van der Waals surface area (Å²) in [5.74, 6) is 0.910. The molecule has 0 heterocycles. The van der Waals surface area contributed by atoms with Crippen LogP contribution in [0.25, 0.3) is 0 Å². The van der Waals surface area contributed by atoms with Gasteiger partial charge in [-0.3, -0.25) is 0 Å². The van der Waals surface area contributed by atoms with E-state index >= 15 is 0 Å². The summed E-state index contributed by atoms with van der Waals surface area (Å²) >= 11 is 7.72. The normalized spacial score (nSPS) is 10.6. The molecule has 0 fully saturated rings. The largest absolute Gasteiger partial charge is 0.399 e. The van der Waals surface area contributed by atoms with Gasteiger partial charge in [0.2, 0.25) is 0 Å². The van der Waals surface area contributed by atoms with E-state index < -0.39 is 0 Å². The number of nitrogens with two attached hydrogens (primary N) is 1. The predicted octanol–water partition coefficient (Wildman–Crippen LogP) is 3.83. The van der Waals surface area contributed by atoms with Crippen molar-refractivity contribution in [3.8, 4) is 0 Å². The lowest BCUT2D eigenvalue weighted by molar-refractivity contribution is 0.147.